The molecule has 1 heterocycles. The third-order valence-electron chi connectivity index (χ3n) is 0.905. The second-order valence-electron chi connectivity index (χ2n) is 1.65. The predicted octanol–water partition coefficient (Wildman–Crippen LogP) is 0.162. The molecule has 1 aliphatic rings. The van der Waals surface area contributed by atoms with Gasteiger partial charge in [-0.2, -0.15) is 0 Å². The molecule has 1 aliphatic heterocycles. The molecule has 0 saturated carbocycles. The lowest BCUT2D eigenvalue weighted by atomic mass is 10.4. The molecule has 0 aromatic rings. The molecule has 0 saturated heterocycles. The van der Waals surface area contributed by atoms with Crippen molar-refractivity contribution in [3.63, 3.8) is 0 Å². The number of carboxylic acid groups (broad SMARTS) is 1. The highest BCUT2D eigenvalue weighted by atomic mass is 16.7. The summed E-state index contributed by atoms with van der Waals surface area (Å²) in [6.07, 6.45) is 0.887. The fourth-order valence-electron chi connectivity index (χ4n) is 0.565. The van der Waals surface area contributed by atoms with Gasteiger partial charge in [-0.1, -0.05) is 0 Å². The van der Waals surface area contributed by atoms with E-state index in [0.717, 1.165) is 0 Å². The Morgan fingerprint density at radius 3 is 2.70 bits per heavy atom. The Labute approximate surface area is 57.1 Å². The van der Waals surface area contributed by atoms with Crippen LogP contribution in [-0.4, -0.2) is 36.5 Å². The lowest BCUT2D eigenvalue weighted by Crippen LogP contribution is -2.22. The van der Waals surface area contributed by atoms with Crippen LogP contribution in [0.1, 0.15) is 0 Å². The zero-order valence-electron chi connectivity index (χ0n) is 5.10. The fourth-order valence-corrected chi connectivity index (χ4v) is 0.565. The number of hydrogen-bond acceptors (Lipinski definition) is 4. The van der Waals surface area contributed by atoms with Gasteiger partial charge in [0, 0.05) is 12.4 Å². The summed E-state index contributed by atoms with van der Waals surface area (Å²) in [5.41, 5.74) is 0. The minimum atomic E-state index is -1.31. The van der Waals surface area contributed by atoms with Gasteiger partial charge in [0.15, 0.2) is 6.10 Å². The molecule has 0 atom stereocenters. The van der Waals surface area contributed by atoms with E-state index in [1.165, 1.54) is 12.4 Å². The summed E-state index contributed by atoms with van der Waals surface area (Å²) in [6.45, 7) is 0.361. The van der Waals surface area contributed by atoms with Crippen LogP contribution < -0.4 is 0 Å². The summed E-state index contributed by atoms with van der Waals surface area (Å²) < 4.78 is 4.31. The Bertz CT molecular complexity index is 175. The molecule has 0 aromatic carbocycles. The van der Waals surface area contributed by atoms with E-state index in [9.17, 15) is 4.79 Å². The number of nitrogens with zero attached hydrogens (tertiary/aromatic N) is 2. The van der Waals surface area contributed by atoms with Crippen molar-refractivity contribution in [3.05, 3.63) is 0 Å². The van der Waals surface area contributed by atoms with Crippen LogP contribution in [0, 0.1) is 0 Å². The van der Waals surface area contributed by atoms with E-state index in [1.807, 2.05) is 0 Å². The Hall–Kier alpha value is -1.39. The standard InChI is InChI=1S/C5H6N2O3/c8-5(9)10-4-1-6-3-7-2-4/h1-2,4H,3H2,(H,8,9). The third kappa shape index (κ3) is 1.85. The second kappa shape index (κ2) is 2.95. The van der Waals surface area contributed by atoms with Gasteiger partial charge in [-0.3, -0.25) is 9.98 Å². The van der Waals surface area contributed by atoms with E-state index in [0.29, 0.717) is 6.67 Å². The maximum Gasteiger partial charge on any atom is 0.506 e. The van der Waals surface area contributed by atoms with E-state index in [-0.39, 0.29) is 0 Å². The van der Waals surface area contributed by atoms with Gasteiger partial charge < -0.3 is 9.84 Å². The molecule has 54 valence electrons. The molecule has 10 heavy (non-hydrogen) atoms. The van der Waals surface area contributed by atoms with Crippen LogP contribution in [0.4, 0.5) is 4.79 Å². The highest BCUT2D eigenvalue weighted by molar-refractivity contribution is 5.89. The molecular weight excluding hydrogens is 136 g/mol. The highest BCUT2D eigenvalue weighted by Crippen LogP contribution is 1.91. The molecule has 0 bridgehead atoms. The van der Waals surface area contributed by atoms with E-state index in [1.54, 1.807) is 0 Å². The van der Waals surface area contributed by atoms with Crippen LogP contribution in [0.25, 0.3) is 0 Å². The Balaban J connectivity index is 2.40. The summed E-state index contributed by atoms with van der Waals surface area (Å²) >= 11 is 0. The molecule has 0 unspecified atom stereocenters. The molecule has 0 aliphatic carbocycles. The minimum Gasteiger partial charge on any atom is -0.450 e. The van der Waals surface area contributed by atoms with Crippen LogP contribution in [0.5, 0.6) is 0 Å². The van der Waals surface area contributed by atoms with Crippen molar-refractivity contribution in [2.45, 2.75) is 6.10 Å². The zero-order chi connectivity index (χ0) is 7.40. The molecule has 0 fully saturated rings. The van der Waals surface area contributed by atoms with Crippen molar-refractivity contribution in [1.82, 2.24) is 0 Å². The van der Waals surface area contributed by atoms with Gasteiger partial charge in [-0.15, -0.1) is 0 Å². The Morgan fingerprint density at radius 1 is 1.60 bits per heavy atom. The van der Waals surface area contributed by atoms with Gasteiger partial charge in [0.25, 0.3) is 0 Å². The summed E-state index contributed by atoms with van der Waals surface area (Å²) in [4.78, 5) is 17.3. The second-order valence-corrected chi connectivity index (χ2v) is 1.65. The number of carbonyl (C=O) groups is 1. The van der Waals surface area contributed by atoms with Crippen LogP contribution in [0.15, 0.2) is 9.98 Å². The molecule has 1 rings (SSSR count). The summed E-state index contributed by atoms with van der Waals surface area (Å²) in [6, 6.07) is 0. The van der Waals surface area contributed by atoms with Gasteiger partial charge in [-0.05, 0) is 0 Å². The van der Waals surface area contributed by atoms with Crippen molar-refractivity contribution in [3.8, 4) is 0 Å². The van der Waals surface area contributed by atoms with Crippen molar-refractivity contribution in [2.75, 3.05) is 6.67 Å². The van der Waals surface area contributed by atoms with Crippen molar-refractivity contribution >= 4 is 18.6 Å². The summed E-state index contributed by atoms with van der Waals surface area (Å²) in [5, 5.41) is 8.12. The van der Waals surface area contributed by atoms with Crippen LogP contribution in [0.2, 0.25) is 0 Å². The lowest BCUT2D eigenvalue weighted by molar-refractivity contribution is 0.0943. The monoisotopic (exact) mass is 142 g/mol. The van der Waals surface area contributed by atoms with Gasteiger partial charge in [-0.25, -0.2) is 4.79 Å². The summed E-state index contributed by atoms with van der Waals surface area (Å²) in [7, 11) is 0. The predicted molar refractivity (Wildman–Crippen MR) is 34.7 cm³/mol. The third-order valence-corrected chi connectivity index (χ3v) is 0.905. The molecule has 5 heteroatoms. The minimum absolute atomic E-state index is 0.361. The molecule has 0 spiro atoms. The van der Waals surface area contributed by atoms with Crippen molar-refractivity contribution < 1.29 is 14.6 Å². The quantitative estimate of drug-likeness (QED) is 0.530. The molecule has 1 N–H and O–H groups in total. The first-order valence-corrected chi connectivity index (χ1v) is 2.68. The molecule has 0 aromatic heterocycles. The first kappa shape index (κ1) is 6.73. The maximum absolute atomic E-state index is 9.92. The smallest absolute Gasteiger partial charge is 0.450 e. The number of hydrogen-bond donors (Lipinski definition) is 1. The molecule has 5 nitrogen and oxygen atoms in total. The van der Waals surface area contributed by atoms with E-state index in [4.69, 9.17) is 5.11 Å². The Morgan fingerprint density at radius 2 is 2.20 bits per heavy atom. The summed E-state index contributed by atoms with van der Waals surface area (Å²) in [5.74, 6) is 0. The Kier molecular flexibility index (Phi) is 1.99. The topological polar surface area (TPSA) is 71.2 Å². The fraction of sp³-hybridized carbons (Fsp3) is 0.400. The lowest BCUT2D eigenvalue weighted by Gasteiger charge is -2.06. The normalized spacial score (nSPS) is 17.2. The SMILES string of the molecule is O=C(O)OC1C=NCN=C1. The number of rotatable bonds is 1. The van der Waals surface area contributed by atoms with E-state index >= 15 is 0 Å². The first-order valence-electron chi connectivity index (χ1n) is 2.68. The van der Waals surface area contributed by atoms with Crippen molar-refractivity contribution in [2.24, 2.45) is 9.98 Å². The highest BCUT2D eigenvalue weighted by Gasteiger charge is 2.08. The van der Waals surface area contributed by atoms with Gasteiger partial charge in [0.1, 0.15) is 6.67 Å². The van der Waals surface area contributed by atoms with Crippen LogP contribution >= 0.6 is 0 Å². The van der Waals surface area contributed by atoms with Gasteiger partial charge >= 0.3 is 6.16 Å². The average molecular weight is 142 g/mol. The van der Waals surface area contributed by atoms with Gasteiger partial charge in [0.2, 0.25) is 0 Å². The zero-order valence-corrected chi connectivity index (χ0v) is 5.10. The largest absolute Gasteiger partial charge is 0.506 e. The van der Waals surface area contributed by atoms with Gasteiger partial charge in [0.05, 0.1) is 0 Å². The van der Waals surface area contributed by atoms with E-state index < -0.39 is 12.3 Å². The average Bonchev–Trinajstić information content (AvgIpc) is 1.88. The van der Waals surface area contributed by atoms with Crippen molar-refractivity contribution in [1.29, 1.82) is 0 Å². The van der Waals surface area contributed by atoms with E-state index in [2.05, 4.69) is 14.7 Å². The maximum atomic E-state index is 9.92. The molecule has 0 radical (unpaired) electrons. The molecular formula is C5H6N2O3. The van der Waals surface area contributed by atoms with Crippen LogP contribution in [-0.2, 0) is 4.74 Å². The number of aliphatic imine (C=N–C) groups is 2. The van der Waals surface area contributed by atoms with Crippen LogP contribution in [0.3, 0.4) is 0 Å². The first-order chi connectivity index (χ1) is 4.79. The number of ether oxygens (including phenoxy) is 1. The molecule has 0 amide bonds.